The van der Waals surface area contributed by atoms with Crippen molar-refractivity contribution in [1.82, 2.24) is 9.97 Å². The maximum atomic E-state index is 6.06. The van der Waals surface area contributed by atoms with Gasteiger partial charge >= 0.3 is 7.12 Å². The summed E-state index contributed by atoms with van der Waals surface area (Å²) < 4.78 is 12.1. The topological polar surface area (TPSA) is 44.2 Å². The summed E-state index contributed by atoms with van der Waals surface area (Å²) in [6, 6.07) is 0. The largest absolute Gasteiger partial charge is 0.498 e. The quantitative estimate of drug-likeness (QED) is 0.780. The third-order valence-electron chi connectivity index (χ3n) is 4.11. The first-order valence-corrected chi connectivity index (χ1v) is 7.01. The van der Waals surface area contributed by atoms with E-state index in [4.69, 9.17) is 9.31 Å². The van der Waals surface area contributed by atoms with Gasteiger partial charge in [-0.25, -0.2) is 9.97 Å². The summed E-state index contributed by atoms with van der Waals surface area (Å²) in [6.45, 7) is 12.4. The van der Waals surface area contributed by atoms with Gasteiger partial charge in [-0.15, -0.1) is 0 Å². The van der Waals surface area contributed by atoms with Gasteiger partial charge in [-0.2, -0.15) is 0 Å². The van der Waals surface area contributed by atoms with Crippen molar-refractivity contribution < 1.29 is 9.31 Å². The highest BCUT2D eigenvalue weighted by atomic mass is 16.7. The lowest BCUT2D eigenvalue weighted by molar-refractivity contribution is 0.00578. The van der Waals surface area contributed by atoms with Crippen LogP contribution in [0.1, 0.15) is 53.1 Å². The van der Waals surface area contributed by atoms with Crippen LogP contribution in [0, 0.1) is 0 Å². The van der Waals surface area contributed by atoms with Crippen LogP contribution in [0.2, 0.25) is 0 Å². The summed E-state index contributed by atoms with van der Waals surface area (Å²) in [7, 11) is -0.370. The fourth-order valence-corrected chi connectivity index (χ4v) is 2.09. The number of aromatic nitrogens is 2. The van der Waals surface area contributed by atoms with Crippen molar-refractivity contribution in [2.24, 2.45) is 0 Å². The van der Waals surface area contributed by atoms with Crippen LogP contribution in [0.3, 0.4) is 0 Å². The zero-order valence-electron chi connectivity index (χ0n) is 12.8. The average Bonchev–Trinajstić information content (AvgIpc) is 2.57. The van der Waals surface area contributed by atoms with Crippen molar-refractivity contribution in [3.05, 3.63) is 17.7 Å². The van der Waals surface area contributed by atoms with Crippen LogP contribution in [-0.2, 0) is 22.2 Å². The molecule has 1 fully saturated rings. The lowest BCUT2D eigenvalue weighted by atomic mass is 9.78. The molecule has 0 aliphatic carbocycles. The summed E-state index contributed by atoms with van der Waals surface area (Å²) in [5.41, 5.74) is 1.32. The van der Waals surface area contributed by atoms with E-state index in [-0.39, 0.29) is 18.3 Å². The van der Waals surface area contributed by atoms with Crippen LogP contribution in [0.5, 0.6) is 0 Å². The summed E-state index contributed by atoms with van der Waals surface area (Å²) in [4.78, 5) is 8.95. The second-order valence-electron chi connectivity index (χ2n) is 5.98. The highest BCUT2D eigenvalue weighted by Gasteiger charge is 2.52. The van der Waals surface area contributed by atoms with Crippen molar-refractivity contribution in [3.63, 3.8) is 0 Å². The van der Waals surface area contributed by atoms with E-state index in [2.05, 4.69) is 51.5 Å². The lowest BCUT2D eigenvalue weighted by Crippen LogP contribution is -2.41. The van der Waals surface area contributed by atoms with Gasteiger partial charge in [0.05, 0.1) is 11.2 Å². The van der Waals surface area contributed by atoms with Gasteiger partial charge in [0, 0.05) is 23.8 Å². The molecule has 0 saturated carbocycles. The van der Waals surface area contributed by atoms with E-state index in [1.165, 1.54) is 0 Å². The molecule has 2 rings (SSSR count). The van der Waals surface area contributed by atoms with E-state index in [1.54, 1.807) is 0 Å². The van der Waals surface area contributed by atoms with Crippen LogP contribution >= 0.6 is 0 Å². The zero-order valence-corrected chi connectivity index (χ0v) is 12.8. The van der Waals surface area contributed by atoms with Crippen molar-refractivity contribution in [1.29, 1.82) is 0 Å². The maximum absolute atomic E-state index is 6.06. The molecule has 0 unspecified atom stereocenters. The van der Waals surface area contributed by atoms with E-state index < -0.39 is 0 Å². The maximum Gasteiger partial charge on any atom is 0.498 e. The molecule has 1 aromatic heterocycles. The van der Waals surface area contributed by atoms with Crippen molar-refractivity contribution >= 4 is 12.6 Å². The van der Waals surface area contributed by atoms with Gasteiger partial charge in [0.15, 0.2) is 0 Å². The zero-order chi connectivity index (χ0) is 14.3. The van der Waals surface area contributed by atoms with Gasteiger partial charge in [0.2, 0.25) is 0 Å². The fourth-order valence-electron chi connectivity index (χ4n) is 2.09. The van der Waals surface area contributed by atoms with Crippen LogP contribution in [0.15, 0.2) is 6.20 Å². The number of rotatable bonds is 3. The molecule has 1 aromatic rings. The van der Waals surface area contributed by atoms with E-state index in [0.717, 1.165) is 29.8 Å². The Morgan fingerprint density at radius 2 is 1.63 bits per heavy atom. The molecule has 5 heteroatoms. The number of hydrogen-bond donors (Lipinski definition) is 0. The Morgan fingerprint density at radius 1 is 1.05 bits per heavy atom. The van der Waals surface area contributed by atoms with E-state index >= 15 is 0 Å². The minimum atomic E-state index is -0.370. The standard InChI is InChI=1S/C14H23BN2O2/c1-7-11-10(9-16-12(8-2)17-11)15-18-13(3,4)14(5,6)19-15/h9H,7-8H2,1-6H3. The van der Waals surface area contributed by atoms with Crippen LogP contribution in [0.25, 0.3) is 0 Å². The van der Waals surface area contributed by atoms with Gasteiger partial charge in [-0.05, 0) is 34.1 Å². The Balaban J connectivity index is 2.34. The molecular weight excluding hydrogens is 239 g/mol. The first-order chi connectivity index (χ1) is 8.80. The monoisotopic (exact) mass is 262 g/mol. The molecule has 1 aliphatic heterocycles. The van der Waals surface area contributed by atoms with Gasteiger partial charge < -0.3 is 9.31 Å². The second kappa shape index (κ2) is 4.87. The summed E-state index contributed by atoms with van der Waals surface area (Å²) in [5, 5.41) is 0. The predicted octanol–water partition coefficient (Wildman–Crippen LogP) is 1.90. The molecule has 0 radical (unpaired) electrons. The van der Waals surface area contributed by atoms with Crippen molar-refractivity contribution in [3.8, 4) is 0 Å². The normalized spacial score (nSPS) is 20.8. The fraction of sp³-hybridized carbons (Fsp3) is 0.714. The van der Waals surface area contributed by atoms with E-state index in [1.807, 2.05) is 6.20 Å². The average molecular weight is 262 g/mol. The second-order valence-corrected chi connectivity index (χ2v) is 5.98. The third kappa shape index (κ3) is 2.54. The number of aryl methyl sites for hydroxylation is 2. The lowest BCUT2D eigenvalue weighted by Gasteiger charge is -2.32. The summed E-state index contributed by atoms with van der Waals surface area (Å²) in [6.07, 6.45) is 3.55. The first kappa shape index (κ1) is 14.5. The molecule has 19 heavy (non-hydrogen) atoms. The third-order valence-corrected chi connectivity index (χ3v) is 4.11. The molecule has 2 heterocycles. The van der Waals surface area contributed by atoms with Gasteiger partial charge in [-0.1, -0.05) is 13.8 Å². The van der Waals surface area contributed by atoms with Gasteiger partial charge in [0.25, 0.3) is 0 Å². The molecule has 0 atom stereocenters. The highest BCUT2D eigenvalue weighted by Crippen LogP contribution is 2.36. The molecule has 0 bridgehead atoms. The summed E-state index contributed by atoms with van der Waals surface area (Å²) in [5.74, 6) is 0.872. The molecule has 1 saturated heterocycles. The SMILES string of the molecule is CCc1ncc(B2OC(C)(C)C(C)(C)O2)c(CC)n1. The Bertz CT molecular complexity index is 459. The smallest absolute Gasteiger partial charge is 0.399 e. The minimum Gasteiger partial charge on any atom is -0.399 e. The summed E-state index contributed by atoms with van der Waals surface area (Å²) >= 11 is 0. The molecule has 104 valence electrons. The molecule has 0 amide bonds. The Kier molecular flexibility index (Phi) is 3.71. The first-order valence-electron chi connectivity index (χ1n) is 7.01. The van der Waals surface area contributed by atoms with Crippen molar-refractivity contribution in [2.75, 3.05) is 0 Å². The Hall–Kier alpha value is -0.935. The van der Waals surface area contributed by atoms with Crippen LogP contribution in [0.4, 0.5) is 0 Å². The molecule has 0 N–H and O–H groups in total. The van der Waals surface area contributed by atoms with E-state index in [0.29, 0.717) is 0 Å². The molecular formula is C14H23BN2O2. The predicted molar refractivity (Wildman–Crippen MR) is 76.5 cm³/mol. The molecule has 1 aliphatic rings. The minimum absolute atomic E-state index is 0.327. The van der Waals surface area contributed by atoms with Gasteiger partial charge in [0.1, 0.15) is 5.82 Å². The Labute approximate surface area is 116 Å². The van der Waals surface area contributed by atoms with Gasteiger partial charge in [-0.3, -0.25) is 0 Å². The molecule has 4 nitrogen and oxygen atoms in total. The number of hydrogen-bond acceptors (Lipinski definition) is 4. The van der Waals surface area contributed by atoms with Crippen LogP contribution < -0.4 is 5.46 Å². The number of nitrogens with zero attached hydrogens (tertiary/aromatic N) is 2. The Morgan fingerprint density at radius 3 is 2.11 bits per heavy atom. The molecule has 0 aromatic carbocycles. The van der Waals surface area contributed by atoms with E-state index in [9.17, 15) is 0 Å². The van der Waals surface area contributed by atoms with Crippen LogP contribution in [-0.4, -0.2) is 28.3 Å². The van der Waals surface area contributed by atoms with Crippen molar-refractivity contribution in [2.45, 2.75) is 65.6 Å². The molecule has 0 spiro atoms. The highest BCUT2D eigenvalue weighted by molar-refractivity contribution is 6.62.